The van der Waals surface area contributed by atoms with E-state index in [1.807, 2.05) is 20.8 Å². The van der Waals surface area contributed by atoms with Gasteiger partial charge in [-0.3, -0.25) is 9.59 Å². The zero-order chi connectivity index (χ0) is 15.4. The molecular weight excluding hydrogens is 268 g/mol. The van der Waals surface area contributed by atoms with Crippen molar-refractivity contribution in [2.75, 3.05) is 13.2 Å². The van der Waals surface area contributed by atoms with Crippen molar-refractivity contribution in [3.8, 4) is 5.75 Å². The standard InChI is InChI=1S/C16H20N2O3/c1-4-21-11-5-6-14-12(7-11)15(19)13(9-17-14)16(20)18-8-10(2)3/h5-7,9-10H,4,8H2,1-3H3,(H,17,19)(H,18,20). The van der Waals surface area contributed by atoms with E-state index >= 15 is 0 Å². The Morgan fingerprint density at radius 2 is 2.14 bits per heavy atom. The minimum Gasteiger partial charge on any atom is -0.494 e. The van der Waals surface area contributed by atoms with Crippen LogP contribution in [0.3, 0.4) is 0 Å². The van der Waals surface area contributed by atoms with E-state index in [-0.39, 0.29) is 16.9 Å². The Labute approximate surface area is 123 Å². The SMILES string of the molecule is CCOc1ccc2[nH]cc(C(=O)NCC(C)C)c(=O)c2c1. The molecule has 0 saturated carbocycles. The molecule has 1 aromatic heterocycles. The molecule has 0 saturated heterocycles. The van der Waals surface area contributed by atoms with Crippen LogP contribution in [0.25, 0.3) is 10.9 Å². The van der Waals surface area contributed by atoms with Gasteiger partial charge in [0.05, 0.1) is 6.61 Å². The molecule has 21 heavy (non-hydrogen) atoms. The van der Waals surface area contributed by atoms with Gasteiger partial charge >= 0.3 is 0 Å². The van der Waals surface area contributed by atoms with Crippen LogP contribution in [0.2, 0.25) is 0 Å². The molecule has 0 spiro atoms. The molecule has 0 radical (unpaired) electrons. The summed E-state index contributed by atoms with van der Waals surface area (Å²) < 4.78 is 5.39. The maximum Gasteiger partial charge on any atom is 0.256 e. The van der Waals surface area contributed by atoms with E-state index in [9.17, 15) is 9.59 Å². The molecule has 1 amide bonds. The quantitative estimate of drug-likeness (QED) is 0.887. The van der Waals surface area contributed by atoms with Gasteiger partial charge in [0, 0.05) is 23.6 Å². The number of H-pyrrole nitrogens is 1. The van der Waals surface area contributed by atoms with Crippen molar-refractivity contribution in [1.29, 1.82) is 0 Å². The molecule has 0 unspecified atom stereocenters. The highest BCUT2D eigenvalue weighted by molar-refractivity contribution is 5.97. The largest absolute Gasteiger partial charge is 0.494 e. The average Bonchev–Trinajstić information content (AvgIpc) is 2.46. The number of hydrogen-bond donors (Lipinski definition) is 2. The van der Waals surface area contributed by atoms with Gasteiger partial charge in [-0.2, -0.15) is 0 Å². The van der Waals surface area contributed by atoms with Crippen molar-refractivity contribution < 1.29 is 9.53 Å². The number of amides is 1. The first-order chi connectivity index (χ1) is 10.0. The van der Waals surface area contributed by atoms with Crippen molar-refractivity contribution in [2.45, 2.75) is 20.8 Å². The summed E-state index contributed by atoms with van der Waals surface area (Å²) in [4.78, 5) is 27.5. The second-order valence-electron chi connectivity index (χ2n) is 5.28. The molecule has 0 atom stereocenters. The molecular formula is C16H20N2O3. The number of aromatic amines is 1. The summed E-state index contributed by atoms with van der Waals surface area (Å²) >= 11 is 0. The lowest BCUT2D eigenvalue weighted by atomic mass is 10.1. The zero-order valence-corrected chi connectivity index (χ0v) is 12.5. The molecule has 0 aliphatic rings. The highest BCUT2D eigenvalue weighted by Crippen LogP contribution is 2.17. The summed E-state index contributed by atoms with van der Waals surface area (Å²) in [6.45, 7) is 6.94. The second-order valence-corrected chi connectivity index (χ2v) is 5.28. The Morgan fingerprint density at radius 1 is 1.38 bits per heavy atom. The van der Waals surface area contributed by atoms with Crippen LogP contribution in [-0.2, 0) is 0 Å². The van der Waals surface area contributed by atoms with Crippen LogP contribution < -0.4 is 15.5 Å². The third kappa shape index (κ3) is 3.42. The number of rotatable bonds is 5. The van der Waals surface area contributed by atoms with Crippen molar-refractivity contribution in [1.82, 2.24) is 10.3 Å². The number of pyridine rings is 1. The molecule has 2 aromatic rings. The number of fused-ring (bicyclic) bond motifs is 1. The van der Waals surface area contributed by atoms with Gasteiger partial charge < -0.3 is 15.0 Å². The maximum absolute atomic E-state index is 12.4. The van der Waals surface area contributed by atoms with Gasteiger partial charge in [-0.05, 0) is 31.0 Å². The van der Waals surface area contributed by atoms with E-state index in [1.165, 1.54) is 6.20 Å². The lowest BCUT2D eigenvalue weighted by Crippen LogP contribution is -2.31. The molecule has 2 rings (SSSR count). The van der Waals surface area contributed by atoms with E-state index < -0.39 is 0 Å². The van der Waals surface area contributed by atoms with Crippen LogP contribution in [0, 0.1) is 5.92 Å². The third-order valence-corrected chi connectivity index (χ3v) is 3.08. The first-order valence-electron chi connectivity index (χ1n) is 7.09. The highest BCUT2D eigenvalue weighted by atomic mass is 16.5. The number of carbonyl (C=O) groups is 1. The molecule has 1 aromatic carbocycles. The van der Waals surface area contributed by atoms with E-state index in [0.29, 0.717) is 35.7 Å². The second kappa shape index (κ2) is 6.43. The fourth-order valence-corrected chi connectivity index (χ4v) is 2.01. The summed E-state index contributed by atoms with van der Waals surface area (Å²) in [6, 6.07) is 5.23. The van der Waals surface area contributed by atoms with Crippen LogP contribution in [0.15, 0.2) is 29.2 Å². The first-order valence-corrected chi connectivity index (χ1v) is 7.09. The molecule has 0 aliphatic carbocycles. The maximum atomic E-state index is 12.4. The Hall–Kier alpha value is -2.30. The van der Waals surface area contributed by atoms with E-state index in [2.05, 4.69) is 10.3 Å². The van der Waals surface area contributed by atoms with Crippen LogP contribution in [0.4, 0.5) is 0 Å². The van der Waals surface area contributed by atoms with Gasteiger partial charge in [0.15, 0.2) is 0 Å². The normalized spacial score (nSPS) is 10.9. The Bertz CT molecular complexity index is 704. The van der Waals surface area contributed by atoms with Gasteiger partial charge in [0.1, 0.15) is 11.3 Å². The van der Waals surface area contributed by atoms with Crippen LogP contribution in [-0.4, -0.2) is 24.0 Å². The number of ether oxygens (including phenoxy) is 1. The van der Waals surface area contributed by atoms with Crippen molar-refractivity contribution in [3.05, 3.63) is 40.2 Å². The summed E-state index contributed by atoms with van der Waals surface area (Å²) in [5.74, 6) is 0.599. The van der Waals surface area contributed by atoms with Crippen molar-refractivity contribution in [3.63, 3.8) is 0 Å². The van der Waals surface area contributed by atoms with E-state index in [1.54, 1.807) is 18.2 Å². The topological polar surface area (TPSA) is 71.2 Å². The Kier molecular flexibility index (Phi) is 4.62. The monoisotopic (exact) mass is 288 g/mol. The van der Waals surface area contributed by atoms with Crippen molar-refractivity contribution in [2.24, 2.45) is 5.92 Å². The molecule has 5 heteroatoms. The molecule has 0 fully saturated rings. The summed E-state index contributed by atoms with van der Waals surface area (Å²) in [5.41, 5.74) is 0.521. The Morgan fingerprint density at radius 3 is 2.81 bits per heavy atom. The van der Waals surface area contributed by atoms with Gasteiger partial charge in [-0.1, -0.05) is 13.8 Å². The van der Waals surface area contributed by atoms with Gasteiger partial charge in [0.2, 0.25) is 5.43 Å². The molecule has 1 heterocycles. The smallest absolute Gasteiger partial charge is 0.256 e. The third-order valence-electron chi connectivity index (χ3n) is 3.08. The van der Waals surface area contributed by atoms with Crippen LogP contribution >= 0.6 is 0 Å². The molecule has 0 aliphatic heterocycles. The number of nitrogens with one attached hydrogen (secondary N) is 2. The fourth-order valence-electron chi connectivity index (χ4n) is 2.01. The lowest BCUT2D eigenvalue weighted by Gasteiger charge is -2.08. The molecule has 112 valence electrons. The molecule has 2 N–H and O–H groups in total. The average molecular weight is 288 g/mol. The van der Waals surface area contributed by atoms with Crippen molar-refractivity contribution >= 4 is 16.8 Å². The zero-order valence-electron chi connectivity index (χ0n) is 12.5. The van der Waals surface area contributed by atoms with Crippen LogP contribution in [0.5, 0.6) is 5.75 Å². The van der Waals surface area contributed by atoms with Crippen LogP contribution in [0.1, 0.15) is 31.1 Å². The minimum absolute atomic E-state index is 0.122. The number of hydrogen-bond acceptors (Lipinski definition) is 3. The molecule has 0 bridgehead atoms. The summed E-state index contributed by atoms with van der Waals surface area (Å²) in [7, 11) is 0. The first kappa shape index (κ1) is 15.1. The number of carbonyl (C=O) groups excluding carboxylic acids is 1. The molecule has 5 nitrogen and oxygen atoms in total. The van der Waals surface area contributed by atoms with E-state index in [0.717, 1.165) is 0 Å². The summed E-state index contributed by atoms with van der Waals surface area (Å²) in [5, 5.41) is 3.21. The minimum atomic E-state index is -0.353. The van der Waals surface area contributed by atoms with Gasteiger partial charge in [-0.15, -0.1) is 0 Å². The lowest BCUT2D eigenvalue weighted by molar-refractivity contribution is 0.0948. The number of aromatic nitrogens is 1. The van der Waals surface area contributed by atoms with Gasteiger partial charge in [0.25, 0.3) is 5.91 Å². The highest BCUT2D eigenvalue weighted by Gasteiger charge is 2.13. The Balaban J connectivity index is 2.40. The summed E-state index contributed by atoms with van der Waals surface area (Å²) in [6.07, 6.45) is 1.46. The predicted molar refractivity (Wildman–Crippen MR) is 82.9 cm³/mol. The van der Waals surface area contributed by atoms with E-state index in [4.69, 9.17) is 4.74 Å². The predicted octanol–water partition coefficient (Wildman–Crippen LogP) is 2.31. The van der Waals surface area contributed by atoms with Gasteiger partial charge in [-0.25, -0.2) is 0 Å². The number of benzene rings is 1. The fraction of sp³-hybridized carbons (Fsp3) is 0.375.